The zero-order valence-corrected chi connectivity index (χ0v) is 27.8. The summed E-state index contributed by atoms with van der Waals surface area (Å²) < 4.78 is 117. The number of nitrogens with zero attached hydrogens (tertiary/aromatic N) is 1. The number of pyridine rings is 1. The van der Waals surface area contributed by atoms with Crippen LogP contribution in [0.4, 0.5) is 0 Å². The Bertz CT molecular complexity index is 3140. The number of benzene rings is 7. The van der Waals surface area contributed by atoms with E-state index in [1.165, 1.54) is 42.5 Å². The predicted octanol–water partition coefficient (Wildman–Crippen LogP) is 7.44. The highest BCUT2D eigenvalue weighted by Gasteiger charge is 2.27. The molecule has 0 saturated heterocycles. The van der Waals surface area contributed by atoms with E-state index in [1.807, 2.05) is 0 Å². The van der Waals surface area contributed by atoms with Gasteiger partial charge in [0, 0.05) is 48.5 Å². The summed E-state index contributed by atoms with van der Waals surface area (Å²) in [6, 6.07) is 18.2. The van der Waals surface area contributed by atoms with Crippen LogP contribution in [0.5, 0.6) is 17.2 Å². The quantitative estimate of drug-likeness (QED) is 0.0857. The van der Waals surface area contributed by atoms with E-state index >= 15 is 0 Å². The Morgan fingerprint density at radius 2 is 0.939 bits per heavy atom. The van der Waals surface area contributed by atoms with Crippen molar-refractivity contribution in [2.24, 2.45) is 0 Å². The van der Waals surface area contributed by atoms with Crippen molar-refractivity contribution in [1.29, 1.82) is 0 Å². The average Bonchev–Trinajstić information content (AvgIpc) is 3.01. The summed E-state index contributed by atoms with van der Waals surface area (Å²) >= 11 is 13.0. The summed E-state index contributed by atoms with van der Waals surface area (Å²) in [6.07, 6.45) is 0. The third kappa shape index (κ3) is 5.07. The predicted molar refractivity (Wildman–Crippen MR) is 185 cm³/mol. The van der Waals surface area contributed by atoms with Gasteiger partial charge in [0.15, 0.2) is 17.2 Å². The fourth-order valence-electron chi connectivity index (χ4n) is 6.55. The second-order valence-corrected chi connectivity index (χ2v) is 14.7. The van der Waals surface area contributed by atoms with Crippen molar-refractivity contribution in [1.82, 2.24) is 4.98 Å². The molecule has 0 saturated carbocycles. The number of hydrogen-bond acceptors (Lipinski definition) is 10. The first-order valence-corrected chi connectivity index (χ1v) is 18.6. The lowest BCUT2D eigenvalue weighted by Gasteiger charge is -2.20. The Morgan fingerprint density at radius 1 is 0.469 bits per heavy atom. The zero-order valence-electron chi connectivity index (χ0n) is 23.9. The Balaban J connectivity index is 1.61. The average molecular weight is 761 g/mol. The van der Waals surface area contributed by atoms with Crippen LogP contribution >= 0.6 is 23.2 Å². The molecule has 0 atom stereocenters. The van der Waals surface area contributed by atoms with Crippen LogP contribution in [-0.4, -0.2) is 43.9 Å². The van der Waals surface area contributed by atoms with E-state index in [0.717, 1.165) is 0 Å². The number of hydrogen-bond donors (Lipinski definition) is 3. The Labute approximate surface area is 285 Å². The van der Waals surface area contributed by atoms with Gasteiger partial charge in [0.2, 0.25) is 0 Å². The van der Waals surface area contributed by atoms with E-state index in [1.54, 1.807) is 30.3 Å². The van der Waals surface area contributed by atoms with Crippen LogP contribution in [-0.2, 0) is 31.2 Å². The molecule has 248 valence electrons. The summed E-state index contributed by atoms with van der Waals surface area (Å²) in [4.78, 5) is 4.83. The van der Waals surface area contributed by atoms with Gasteiger partial charge in [0.1, 0.15) is 0 Å². The van der Waals surface area contributed by atoms with Gasteiger partial charge in [-0.15, -0.1) is 0 Å². The van der Waals surface area contributed by atoms with E-state index < -0.39 is 36.9 Å². The lowest BCUT2D eigenvalue weighted by atomic mass is 9.89. The van der Waals surface area contributed by atoms with Crippen molar-refractivity contribution >= 4 is 130 Å². The van der Waals surface area contributed by atoms with Gasteiger partial charge in [-0.25, -0.2) is 4.98 Å². The standard InChI is InChI=1S/C31H15Cl2NO12S3/c32-21-11-9-19-24(27(21)33)17-10-12-22-25-13(5-7-18(23(17)25)30(19)45-48(38,39)40)14-6-8-20-26(28(14)34-22)31(46-49(41,42)43)16-4-2-1-3-15(16)29(20)44-47(35,36)37/h1-12H,(H,35,36,37)(H,38,39,40)(H,41,42,43). The molecular formula is C31H15Cl2NO12S3. The summed E-state index contributed by atoms with van der Waals surface area (Å²) in [6.45, 7) is 0. The van der Waals surface area contributed by atoms with Crippen molar-refractivity contribution in [3.05, 3.63) is 82.8 Å². The van der Waals surface area contributed by atoms with Gasteiger partial charge < -0.3 is 12.5 Å². The fourth-order valence-corrected chi connectivity index (χ4v) is 8.13. The number of fused-ring (bicyclic) bond motifs is 7. The molecule has 3 N–H and O–H groups in total. The Morgan fingerprint density at radius 3 is 1.57 bits per heavy atom. The first-order chi connectivity index (χ1) is 23.0. The lowest BCUT2D eigenvalue weighted by Crippen LogP contribution is -2.10. The lowest BCUT2D eigenvalue weighted by molar-refractivity contribution is 0.385. The van der Waals surface area contributed by atoms with Crippen molar-refractivity contribution in [2.75, 3.05) is 0 Å². The molecule has 0 radical (unpaired) electrons. The molecule has 0 aliphatic heterocycles. The topological polar surface area (TPSA) is 204 Å². The van der Waals surface area contributed by atoms with E-state index in [0.29, 0.717) is 32.3 Å². The molecule has 0 spiro atoms. The van der Waals surface area contributed by atoms with E-state index in [2.05, 4.69) is 0 Å². The first-order valence-electron chi connectivity index (χ1n) is 13.7. The third-order valence-electron chi connectivity index (χ3n) is 8.15. The summed E-state index contributed by atoms with van der Waals surface area (Å²) in [5.41, 5.74) is 0.361. The van der Waals surface area contributed by atoms with E-state index in [4.69, 9.17) is 40.7 Å². The van der Waals surface area contributed by atoms with Crippen LogP contribution < -0.4 is 12.5 Å². The van der Waals surface area contributed by atoms with Gasteiger partial charge in [-0.2, -0.15) is 25.3 Å². The second kappa shape index (κ2) is 10.5. The van der Waals surface area contributed by atoms with Gasteiger partial charge in [-0.05, 0) is 41.1 Å². The normalized spacial score (nSPS) is 13.1. The maximum absolute atomic E-state index is 12.2. The highest BCUT2D eigenvalue weighted by atomic mass is 35.5. The fraction of sp³-hybridized carbons (Fsp3) is 0. The smallest absolute Gasteiger partial charge is 0.360 e. The maximum Gasteiger partial charge on any atom is 0.446 e. The Kier molecular flexibility index (Phi) is 6.79. The van der Waals surface area contributed by atoms with Crippen molar-refractivity contribution < 1.29 is 51.5 Å². The molecule has 0 unspecified atom stereocenters. The summed E-state index contributed by atoms with van der Waals surface area (Å²) in [5.74, 6) is -0.994. The molecule has 18 heteroatoms. The number of halogens is 2. The van der Waals surface area contributed by atoms with Gasteiger partial charge in [0.25, 0.3) is 0 Å². The minimum absolute atomic E-state index is 0.00403. The zero-order chi connectivity index (χ0) is 34.8. The van der Waals surface area contributed by atoms with Gasteiger partial charge >= 0.3 is 31.2 Å². The summed E-state index contributed by atoms with van der Waals surface area (Å²) in [5, 5.41) is 3.30. The largest absolute Gasteiger partial charge is 0.446 e. The molecule has 8 rings (SSSR count). The molecule has 49 heavy (non-hydrogen) atoms. The molecule has 1 aromatic heterocycles. The van der Waals surface area contributed by atoms with Crippen LogP contribution in [0, 0.1) is 0 Å². The number of rotatable bonds is 6. The van der Waals surface area contributed by atoms with Crippen LogP contribution in [0.15, 0.2) is 72.8 Å². The molecule has 0 aliphatic rings. The van der Waals surface area contributed by atoms with Crippen molar-refractivity contribution in [3.63, 3.8) is 0 Å². The van der Waals surface area contributed by atoms with Gasteiger partial charge in [-0.3, -0.25) is 13.7 Å². The van der Waals surface area contributed by atoms with Crippen LogP contribution in [0.1, 0.15) is 0 Å². The monoisotopic (exact) mass is 759 g/mol. The van der Waals surface area contributed by atoms with Crippen LogP contribution in [0.3, 0.4) is 0 Å². The minimum Gasteiger partial charge on any atom is -0.360 e. The highest BCUT2D eigenvalue weighted by Crippen LogP contribution is 2.51. The maximum atomic E-state index is 12.2. The molecule has 0 fully saturated rings. The van der Waals surface area contributed by atoms with E-state index in [9.17, 15) is 38.9 Å². The SMILES string of the molecule is O=S(=O)(O)Oc1c2ccccc2c(OS(=O)(=O)O)c2c1ccc1c3ccc4c(OS(=O)(=O)O)c5ccc(Cl)c(Cl)c5c5ccc(nc12)c3c45. The molecule has 13 nitrogen and oxygen atoms in total. The van der Waals surface area contributed by atoms with Crippen molar-refractivity contribution in [3.8, 4) is 17.2 Å². The molecule has 0 aliphatic carbocycles. The van der Waals surface area contributed by atoms with Gasteiger partial charge in [-0.1, -0.05) is 65.7 Å². The highest BCUT2D eigenvalue weighted by molar-refractivity contribution is 7.81. The molecule has 7 aromatic carbocycles. The molecular weight excluding hydrogens is 745 g/mol. The first kappa shape index (κ1) is 31.7. The molecule has 8 aromatic rings. The molecule has 0 bridgehead atoms. The second-order valence-electron chi connectivity index (χ2n) is 10.9. The van der Waals surface area contributed by atoms with E-state index in [-0.39, 0.29) is 64.9 Å². The summed E-state index contributed by atoms with van der Waals surface area (Å²) in [7, 11) is -15.3. The third-order valence-corrected chi connectivity index (χ3v) is 10.1. The minimum atomic E-state index is -5.16. The van der Waals surface area contributed by atoms with Crippen LogP contribution in [0.25, 0.3) is 75.7 Å². The molecule has 0 amide bonds. The molecule has 1 heterocycles. The van der Waals surface area contributed by atoms with Crippen molar-refractivity contribution in [2.45, 2.75) is 0 Å². The van der Waals surface area contributed by atoms with Crippen LogP contribution in [0.2, 0.25) is 10.0 Å². The number of aromatic nitrogens is 1. The van der Waals surface area contributed by atoms with Gasteiger partial charge in [0.05, 0.1) is 26.5 Å². The Hall–Kier alpha value is -4.52.